The highest BCUT2D eigenvalue weighted by atomic mass is 16.1. The molecular formula is C18H34O. The van der Waals surface area contributed by atoms with Crippen molar-refractivity contribution in [3.05, 3.63) is 0 Å². The van der Waals surface area contributed by atoms with E-state index in [0.29, 0.717) is 11.7 Å². The van der Waals surface area contributed by atoms with Crippen LogP contribution in [0.25, 0.3) is 0 Å². The molecule has 0 heterocycles. The maximum absolute atomic E-state index is 12.7. The van der Waals surface area contributed by atoms with Crippen molar-refractivity contribution >= 4 is 5.78 Å². The predicted molar refractivity (Wildman–Crippen MR) is 83.4 cm³/mol. The van der Waals surface area contributed by atoms with Crippen LogP contribution in [0, 0.1) is 11.3 Å². The number of rotatable bonds is 9. The molecule has 0 saturated heterocycles. The quantitative estimate of drug-likeness (QED) is 0.507. The van der Waals surface area contributed by atoms with Gasteiger partial charge in [-0.05, 0) is 38.0 Å². The minimum absolute atomic E-state index is 0.0689. The van der Waals surface area contributed by atoms with Crippen molar-refractivity contribution < 1.29 is 4.79 Å². The molecule has 1 nitrogen and oxygen atoms in total. The van der Waals surface area contributed by atoms with Crippen LogP contribution in [0.1, 0.15) is 97.8 Å². The molecule has 0 spiro atoms. The fourth-order valence-corrected chi connectivity index (χ4v) is 3.93. The molecule has 19 heavy (non-hydrogen) atoms. The molecule has 112 valence electrons. The Labute approximate surface area is 120 Å². The van der Waals surface area contributed by atoms with E-state index < -0.39 is 0 Å². The summed E-state index contributed by atoms with van der Waals surface area (Å²) in [5.74, 6) is 1.30. The van der Waals surface area contributed by atoms with Gasteiger partial charge in [0, 0.05) is 11.8 Å². The van der Waals surface area contributed by atoms with E-state index in [0.717, 1.165) is 25.7 Å². The van der Waals surface area contributed by atoms with E-state index in [-0.39, 0.29) is 5.41 Å². The molecule has 1 saturated carbocycles. The van der Waals surface area contributed by atoms with Gasteiger partial charge in [-0.15, -0.1) is 0 Å². The van der Waals surface area contributed by atoms with Gasteiger partial charge in [-0.1, -0.05) is 59.3 Å². The molecule has 0 aromatic rings. The fourth-order valence-electron chi connectivity index (χ4n) is 3.93. The summed E-state index contributed by atoms with van der Waals surface area (Å²) >= 11 is 0. The third-order valence-corrected chi connectivity index (χ3v) is 5.15. The van der Waals surface area contributed by atoms with Crippen LogP contribution in [0.5, 0.6) is 0 Å². The summed E-state index contributed by atoms with van der Waals surface area (Å²) in [6.45, 7) is 6.77. The molecule has 0 radical (unpaired) electrons. The van der Waals surface area contributed by atoms with Crippen LogP contribution >= 0.6 is 0 Å². The van der Waals surface area contributed by atoms with Crippen LogP contribution < -0.4 is 0 Å². The van der Waals surface area contributed by atoms with Gasteiger partial charge in [0.05, 0.1) is 0 Å². The molecule has 1 aliphatic carbocycles. The zero-order chi connectivity index (χ0) is 14.1. The first-order valence-electron chi connectivity index (χ1n) is 8.74. The summed E-state index contributed by atoms with van der Waals surface area (Å²) in [5, 5.41) is 0. The van der Waals surface area contributed by atoms with E-state index in [4.69, 9.17) is 0 Å². The van der Waals surface area contributed by atoms with Crippen molar-refractivity contribution in [3.63, 3.8) is 0 Å². The van der Waals surface area contributed by atoms with Gasteiger partial charge < -0.3 is 0 Å². The Bertz CT molecular complexity index is 248. The number of hydrogen-bond donors (Lipinski definition) is 0. The summed E-state index contributed by atoms with van der Waals surface area (Å²) in [5.41, 5.74) is 0.0689. The van der Waals surface area contributed by atoms with Crippen LogP contribution in [0.3, 0.4) is 0 Å². The van der Waals surface area contributed by atoms with Crippen LogP contribution in [-0.2, 0) is 4.79 Å². The van der Waals surface area contributed by atoms with Crippen molar-refractivity contribution in [3.8, 4) is 0 Å². The molecule has 0 N–H and O–H groups in total. The molecule has 1 heteroatoms. The molecule has 0 aliphatic heterocycles. The highest BCUT2D eigenvalue weighted by Crippen LogP contribution is 2.48. The summed E-state index contributed by atoms with van der Waals surface area (Å²) in [7, 11) is 0. The van der Waals surface area contributed by atoms with Gasteiger partial charge in [-0.25, -0.2) is 0 Å². The second kappa shape index (κ2) is 8.76. The standard InChI is InChI=1S/C18H34O/c1-4-7-11-16-12-10-13-17(19)18(16,14-8-5-2)15-9-6-3/h16H,4-15H2,1-3H3. The number of carbonyl (C=O) groups is 1. The van der Waals surface area contributed by atoms with E-state index in [1.54, 1.807) is 0 Å². The first-order valence-corrected chi connectivity index (χ1v) is 8.74. The Morgan fingerprint density at radius 3 is 2.11 bits per heavy atom. The lowest BCUT2D eigenvalue weighted by Gasteiger charge is -2.43. The maximum atomic E-state index is 12.7. The summed E-state index contributed by atoms with van der Waals surface area (Å²) in [4.78, 5) is 12.7. The SMILES string of the molecule is CCCCC1CCCC(=O)C1(CCCC)CCCC. The highest BCUT2D eigenvalue weighted by Gasteiger charge is 2.45. The predicted octanol–water partition coefficient (Wildman–Crippen LogP) is 5.91. The first-order chi connectivity index (χ1) is 9.21. The largest absolute Gasteiger partial charge is 0.299 e. The highest BCUT2D eigenvalue weighted by molar-refractivity contribution is 5.85. The molecule has 1 atom stereocenters. The van der Waals surface area contributed by atoms with Gasteiger partial charge in [0.25, 0.3) is 0 Å². The molecule has 0 amide bonds. The number of ketones is 1. The van der Waals surface area contributed by atoms with Crippen molar-refractivity contribution in [2.24, 2.45) is 11.3 Å². The number of hydrogen-bond acceptors (Lipinski definition) is 1. The number of Topliss-reactive ketones (excluding diaryl/α,β-unsaturated/α-hetero) is 1. The van der Waals surface area contributed by atoms with Crippen molar-refractivity contribution in [1.82, 2.24) is 0 Å². The Kier molecular flexibility index (Phi) is 7.71. The van der Waals surface area contributed by atoms with Crippen molar-refractivity contribution in [2.75, 3.05) is 0 Å². The molecule has 0 aromatic heterocycles. The topological polar surface area (TPSA) is 17.1 Å². The second-order valence-corrected chi connectivity index (χ2v) is 6.52. The molecule has 1 aliphatic rings. The van der Waals surface area contributed by atoms with Gasteiger partial charge in [0.1, 0.15) is 5.78 Å². The Balaban J connectivity index is 2.83. The van der Waals surface area contributed by atoms with Gasteiger partial charge in [-0.3, -0.25) is 4.79 Å². The van der Waals surface area contributed by atoms with E-state index in [2.05, 4.69) is 20.8 Å². The number of carbonyl (C=O) groups excluding carboxylic acids is 1. The lowest BCUT2D eigenvalue weighted by Crippen LogP contribution is -2.42. The average Bonchev–Trinajstić information content (AvgIpc) is 2.43. The van der Waals surface area contributed by atoms with E-state index >= 15 is 0 Å². The zero-order valence-corrected chi connectivity index (χ0v) is 13.5. The molecule has 1 unspecified atom stereocenters. The summed E-state index contributed by atoms with van der Waals surface area (Å²) < 4.78 is 0. The average molecular weight is 266 g/mol. The Morgan fingerprint density at radius 2 is 1.58 bits per heavy atom. The normalized spacial score (nSPS) is 22.7. The summed E-state index contributed by atoms with van der Waals surface area (Å²) in [6.07, 6.45) is 14.4. The first kappa shape index (κ1) is 16.7. The third kappa shape index (κ3) is 4.33. The maximum Gasteiger partial charge on any atom is 0.139 e. The monoisotopic (exact) mass is 266 g/mol. The molecular weight excluding hydrogens is 232 g/mol. The van der Waals surface area contributed by atoms with Gasteiger partial charge in [0.15, 0.2) is 0 Å². The Morgan fingerprint density at radius 1 is 1.00 bits per heavy atom. The summed E-state index contributed by atoms with van der Waals surface area (Å²) in [6, 6.07) is 0. The lowest BCUT2D eigenvalue weighted by atomic mass is 9.59. The zero-order valence-electron chi connectivity index (χ0n) is 13.5. The minimum Gasteiger partial charge on any atom is -0.299 e. The Hall–Kier alpha value is -0.330. The second-order valence-electron chi connectivity index (χ2n) is 6.52. The fraction of sp³-hybridized carbons (Fsp3) is 0.944. The molecule has 1 rings (SSSR count). The van der Waals surface area contributed by atoms with Crippen LogP contribution in [-0.4, -0.2) is 5.78 Å². The van der Waals surface area contributed by atoms with E-state index in [1.807, 2.05) is 0 Å². The van der Waals surface area contributed by atoms with Gasteiger partial charge in [-0.2, -0.15) is 0 Å². The molecule has 0 bridgehead atoms. The minimum atomic E-state index is 0.0689. The van der Waals surface area contributed by atoms with Gasteiger partial charge >= 0.3 is 0 Å². The third-order valence-electron chi connectivity index (χ3n) is 5.15. The lowest BCUT2D eigenvalue weighted by molar-refractivity contribution is -0.137. The van der Waals surface area contributed by atoms with Crippen LogP contribution in [0.2, 0.25) is 0 Å². The van der Waals surface area contributed by atoms with Crippen molar-refractivity contribution in [2.45, 2.75) is 97.8 Å². The van der Waals surface area contributed by atoms with Crippen LogP contribution in [0.4, 0.5) is 0 Å². The number of unbranched alkanes of at least 4 members (excludes halogenated alkanes) is 3. The molecule has 1 fully saturated rings. The van der Waals surface area contributed by atoms with E-state index in [1.165, 1.54) is 51.4 Å². The smallest absolute Gasteiger partial charge is 0.139 e. The van der Waals surface area contributed by atoms with E-state index in [9.17, 15) is 4.79 Å². The van der Waals surface area contributed by atoms with Crippen LogP contribution in [0.15, 0.2) is 0 Å². The van der Waals surface area contributed by atoms with Gasteiger partial charge in [0.2, 0.25) is 0 Å². The van der Waals surface area contributed by atoms with Crippen molar-refractivity contribution in [1.29, 1.82) is 0 Å². The molecule has 0 aromatic carbocycles.